The number of hydrogen-bond donors (Lipinski definition) is 2. The molecule has 206 valence electrons. The molecule has 3 amide bonds. The minimum absolute atomic E-state index is 0.120. The summed E-state index contributed by atoms with van der Waals surface area (Å²) >= 11 is 6.14. The van der Waals surface area contributed by atoms with E-state index in [4.69, 9.17) is 25.8 Å². The molecule has 1 atom stereocenters. The van der Waals surface area contributed by atoms with E-state index in [2.05, 4.69) is 24.5 Å². The van der Waals surface area contributed by atoms with Gasteiger partial charge in [0.1, 0.15) is 23.9 Å². The first kappa shape index (κ1) is 29.1. The van der Waals surface area contributed by atoms with Gasteiger partial charge in [-0.1, -0.05) is 25.4 Å². The van der Waals surface area contributed by atoms with Crippen LogP contribution in [-0.4, -0.2) is 69.1 Å². The highest BCUT2D eigenvalue weighted by atomic mass is 35.5. The third-order valence-corrected chi connectivity index (χ3v) is 6.34. The van der Waals surface area contributed by atoms with Crippen molar-refractivity contribution >= 4 is 29.3 Å². The molecule has 3 rings (SSSR count). The molecule has 0 radical (unpaired) electrons. The Morgan fingerprint density at radius 3 is 2.47 bits per heavy atom. The number of ether oxygens (including phenoxy) is 3. The van der Waals surface area contributed by atoms with Crippen LogP contribution in [0.2, 0.25) is 5.02 Å². The summed E-state index contributed by atoms with van der Waals surface area (Å²) in [5.41, 5.74) is 0.695. The first-order chi connectivity index (χ1) is 18.2. The molecule has 2 aromatic rings. The molecule has 0 aromatic heterocycles. The lowest BCUT2D eigenvalue weighted by molar-refractivity contribution is -0.122. The largest absolute Gasteiger partial charge is 0.497 e. The topological polar surface area (TPSA) is 106 Å². The van der Waals surface area contributed by atoms with Crippen molar-refractivity contribution in [1.82, 2.24) is 15.5 Å². The number of nitrogens with one attached hydrogen (secondary N) is 2. The van der Waals surface area contributed by atoms with E-state index < -0.39 is 0 Å². The van der Waals surface area contributed by atoms with Gasteiger partial charge in [-0.2, -0.15) is 0 Å². The van der Waals surface area contributed by atoms with Gasteiger partial charge in [0.05, 0.1) is 32.4 Å². The van der Waals surface area contributed by atoms with Crippen molar-refractivity contribution in [3.8, 4) is 17.2 Å². The second-order valence-electron chi connectivity index (χ2n) is 9.64. The summed E-state index contributed by atoms with van der Waals surface area (Å²) in [5, 5.41) is 6.34. The number of rotatable bonds is 5. The summed E-state index contributed by atoms with van der Waals surface area (Å²) < 4.78 is 16.6. The highest BCUT2D eigenvalue weighted by molar-refractivity contribution is 6.31. The number of carbonyl (C=O) groups is 3. The molecule has 1 aliphatic heterocycles. The fraction of sp³-hybridized carbons (Fsp3) is 0.464. The molecule has 0 aliphatic carbocycles. The number of benzene rings is 2. The summed E-state index contributed by atoms with van der Waals surface area (Å²) in [6.07, 6.45) is 1.84. The lowest BCUT2D eigenvalue weighted by Gasteiger charge is -2.25. The molecule has 2 aromatic carbocycles. The predicted octanol–water partition coefficient (Wildman–Crippen LogP) is 3.93. The fourth-order valence-electron chi connectivity index (χ4n) is 4.27. The maximum Gasteiger partial charge on any atom is 0.255 e. The molecule has 0 saturated carbocycles. The van der Waals surface area contributed by atoms with Gasteiger partial charge < -0.3 is 29.7 Å². The summed E-state index contributed by atoms with van der Waals surface area (Å²) in [5.74, 6) is 0.735. The highest BCUT2D eigenvalue weighted by Gasteiger charge is 2.24. The van der Waals surface area contributed by atoms with Gasteiger partial charge in [-0.15, -0.1) is 0 Å². The van der Waals surface area contributed by atoms with E-state index in [-0.39, 0.29) is 42.8 Å². The molecule has 0 bridgehead atoms. The van der Waals surface area contributed by atoms with Crippen LogP contribution in [0.3, 0.4) is 0 Å². The van der Waals surface area contributed by atoms with E-state index in [0.717, 1.165) is 0 Å². The lowest BCUT2D eigenvalue weighted by Crippen LogP contribution is -2.46. The average molecular weight is 546 g/mol. The Morgan fingerprint density at radius 1 is 1.11 bits per heavy atom. The van der Waals surface area contributed by atoms with Crippen molar-refractivity contribution in [3.63, 3.8) is 0 Å². The van der Waals surface area contributed by atoms with Crippen LogP contribution in [0.1, 0.15) is 53.8 Å². The van der Waals surface area contributed by atoms with Crippen LogP contribution in [0, 0.1) is 5.92 Å². The molecule has 0 spiro atoms. The zero-order valence-corrected chi connectivity index (χ0v) is 23.1. The van der Waals surface area contributed by atoms with Crippen LogP contribution < -0.4 is 24.8 Å². The van der Waals surface area contributed by atoms with Gasteiger partial charge in [-0.3, -0.25) is 14.4 Å². The smallest absolute Gasteiger partial charge is 0.255 e. The lowest BCUT2D eigenvalue weighted by atomic mass is 10.0. The highest BCUT2D eigenvalue weighted by Crippen LogP contribution is 2.25. The third-order valence-electron chi connectivity index (χ3n) is 6.11. The minimum atomic E-state index is -0.326. The Kier molecular flexibility index (Phi) is 10.6. The van der Waals surface area contributed by atoms with Gasteiger partial charge in [-0.25, -0.2) is 0 Å². The van der Waals surface area contributed by atoms with Crippen LogP contribution in [0.25, 0.3) is 0 Å². The van der Waals surface area contributed by atoms with Crippen molar-refractivity contribution in [1.29, 1.82) is 0 Å². The quantitative estimate of drug-likeness (QED) is 0.589. The predicted molar refractivity (Wildman–Crippen MR) is 145 cm³/mol. The SMILES string of the molecule is COc1cc(OC)cc(C(=O)N2CCCCNC(=O)c3cc(Cl)ccc3OC[C@H](CC(C)C)NC(=O)C2)c1. The molecule has 1 aliphatic rings. The Balaban J connectivity index is 1.86. The number of halogens is 1. The van der Waals surface area contributed by atoms with E-state index in [9.17, 15) is 14.4 Å². The number of hydrogen-bond acceptors (Lipinski definition) is 6. The van der Waals surface area contributed by atoms with E-state index in [0.29, 0.717) is 65.8 Å². The standard InChI is InChI=1S/C28H36ClN3O6/c1-18(2)11-21-17-38-25-8-7-20(29)14-24(25)27(34)30-9-5-6-10-32(16-26(33)31-21)28(35)19-12-22(36-3)15-23(13-19)37-4/h7-8,12-15,18,21H,5-6,9-11,16-17H2,1-4H3,(H,30,34)(H,31,33)/t21-/m0/s1. The molecule has 9 nitrogen and oxygen atoms in total. The molecule has 2 N–H and O–H groups in total. The van der Waals surface area contributed by atoms with Gasteiger partial charge in [0, 0.05) is 29.7 Å². The summed E-state index contributed by atoms with van der Waals surface area (Å²) in [6, 6.07) is 9.49. The van der Waals surface area contributed by atoms with Gasteiger partial charge in [0.25, 0.3) is 11.8 Å². The fourth-order valence-corrected chi connectivity index (χ4v) is 4.44. The molecule has 10 heteroatoms. The minimum Gasteiger partial charge on any atom is -0.497 e. The summed E-state index contributed by atoms with van der Waals surface area (Å²) in [7, 11) is 3.02. The van der Waals surface area contributed by atoms with E-state index >= 15 is 0 Å². The van der Waals surface area contributed by atoms with Gasteiger partial charge >= 0.3 is 0 Å². The number of fused-ring (bicyclic) bond motifs is 1. The van der Waals surface area contributed by atoms with E-state index in [1.54, 1.807) is 36.4 Å². The second kappa shape index (κ2) is 13.9. The first-order valence-corrected chi connectivity index (χ1v) is 13.1. The maximum absolute atomic E-state index is 13.5. The van der Waals surface area contributed by atoms with Crippen molar-refractivity contribution in [2.24, 2.45) is 5.92 Å². The van der Waals surface area contributed by atoms with Crippen molar-refractivity contribution < 1.29 is 28.6 Å². The van der Waals surface area contributed by atoms with Gasteiger partial charge in [0.15, 0.2) is 0 Å². The van der Waals surface area contributed by atoms with E-state index in [1.165, 1.54) is 19.1 Å². The van der Waals surface area contributed by atoms with Crippen LogP contribution >= 0.6 is 11.6 Å². The van der Waals surface area contributed by atoms with E-state index in [1.807, 2.05) is 0 Å². The maximum atomic E-state index is 13.5. The van der Waals surface area contributed by atoms with Gasteiger partial charge in [-0.05, 0) is 55.5 Å². The summed E-state index contributed by atoms with van der Waals surface area (Å²) in [6.45, 7) is 4.86. The zero-order valence-electron chi connectivity index (χ0n) is 22.3. The summed E-state index contributed by atoms with van der Waals surface area (Å²) in [4.78, 5) is 41.0. The van der Waals surface area contributed by atoms with Crippen LogP contribution in [-0.2, 0) is 4.79 Å². The van der Waals surface area contributed by atoms with Crippen LogP contribution in [0.15, 0.2) is 36.4 Å². The number of nitrogens with zero attached hydrogens (tertiary/aromatic N) is 1. The normalized spacial score (nSPS) is 17.3. The second-order valence-corrected chi connectivity index (χ2v) is 10.1. The number of amides is 3. The van der Waals surface area contributed by atoms with Crippen molar-refractivity contribution in [2.75, 3.05) is 40.5 Å². The first-order valence-electron chi connectivity index (χ1n) is 12.7. The molecule has 1 heterocycles. The molecule has 38 heavy (non-hydrogen) atoms. The molecular formula is C28H36ClN3O6. The van der Waals surface area contributed by atoms with Crippen LogP contribution in [0.4, 0.5) is 0 Å². The molecule has 0 fully saturated rings. The Hall–Kier alpha value is -3.46. The Bertz CT molecular complexity index is 1120. The number of carbonyl (C=O) groups excluding carboxylic acids is 3. The van der Waals surface area contributed by atoms with Crippen molar-refractivity contribution in [2.45, 2.75) is 39.2 Å². The monoisotopic (exact) mass is 545 g/mol. The van der Waals surface area contributed by atoms with Crippen LogP contribution in [0.5, 0.6) is 17.2 Å². The van der Waals surface area contributed by atoms with Crippen molar-refractivity contribution in [3.05, 3.63) is 52.5 Å². The number of methoxy groups -OCH3 is 2. The zero-order chi connectivity index (χ0) is 27.7. The molecule has 0 saturated heterocycles. The molecule has 0 unspecified atom stereocenters. The average Bonchev–Trinajstić information content (AvgIpc) is 2.89. The Labute approximate surface area is 228 Å². The Morgan fingerprint density at radius 2 is 1.82 bits per heavy atom. The third kappa shape index (κ3) is 8.28. The van der Waals surface area contributed by atoms with Gasteiger partial charge in [0.2, 0.25) is 5.91 Å². The molecular weight excluding hydrogens is 510 g/mol.